The van der Waals surface area contributed by atoms with Crippen molar-refractivity contribution in [3.8, 4) is 17.4 Å². The summed E-state index contributed by atoms with van der Waals surface area (Å²) in [7, 11) is 0. The maximum Gasteiger partial charge on any atom is 0.250 e. The van der Waals surface area contributed by atoms with Crippen LogP contribution in [-0.4, -0.2) is 32.7 Å². The average Bonchev–Trinajstić information content (AvgIpc) is 3.18. The van der Waals surface area contributed by atoms with Crippen molar-refractivity contribution in [3.63, 3.8) is 0 Å². The summed E-state index contributed by atoms with van der Waals surface area (Å²) >= 11 is 0. The van der Waals surface area contributed by atoms with Crippen molar-refractivity contribution in [2.75, 3.05) is 5.32 Å². The van der Waals surface area contributed by atoms with Gasteiger partial charge in [0, 0.05) is 36.3 Å². The number of anilines is 1. The molecule has 0 aliphatic heterocycles. The van der Waals surface area contributed by atoms with Crippen LogP contribution in [0.3, 0.4) is 0 Å². The Morgan fingerprint density at radius 3 is 2.69 bits per heavy atom. The monoisotopic (exact) mass is 392 g/mol. The molecule has 2 heterocycles. The molecule has 2 aromatic heterocycles. The van der Waals surface area contributed by atoms with Gasteiger partial charge in [0.2, 0.25) is 11.8 Å². The standard InChI is InChI=1S/C22H24N4O3/c23-22(28)18-11-8-16(14-19(18)25-15-6-9-17(27)10-7-15)26-13-3-5-21(26)29-20-4-1-2-12-24-20/h1-5,8,11-15,17,25,27H,6-7,9-10H2,(H2,23,28). The van der Waals surface area contributed by atoms with Crippen LogP contribution in [0, 0.1) is 0 Å². The first-order chi connectivity index (χ1) is 14.1. The van der Waals surface area contributed by atoms with Gasteiger partial charge in [-0.05, 0) is 56.0 Å². The summed E-state index contributed by atoms with van der Waals surface area (Å²) in [5.74, 6) is 0.634. The smallest absolute Gasteiger partial charge is 0.250 e. The normalized spacial score (nSPS) is 18.9. The number of primary amides is 1. The van der Waals surface area contributed by atoms with Crippen molar-refractivity contribution < 1.29 is 14.6 Å². The summed E-state index contributed by atoms with van der Waals surface area (Å²) in [6.45, 7) is 0. The summed E-state index contributed by atoms with van der Waals surface area (Å²) < 4.78 is 7.78. The van der Waals surface area contributed by atoms with Gasteiger partial charge in [-0.25, -0.2) is 4.98 Å². The lowest BCUT2D eigenvalue weighted by Crippen LogP contribution is -2.29. The van der Waals surface area contributed by atoms with Gasteiger partial charge in [0.15, 0.2) is 0 Å². The molecule has 7 nitrogen and oxygen atoms in total. The van der Waals surface area contributed by atoms with E-state index >= 15 is 0 Å². The van der Waals surface area contributed by atoms with Crippen LogP contribution in [0.5, 0.6) is 11.8 Å². The van der Waals surface area contributed by atoms with Gasteiger partial charge >= 0.3 is 0 Å². The lowest BCUT2D eigenvalue weighted by molar-refractivity contribution is 0.100. The molecular formula is C22H24N4O3. The number of amides is 1. The van der Waals surface area contributed by atoms with Gasteiger partial charge in [0.25, 0.3) is 5.91 Å². The van der Waals surface area contributed by atoms with Crippen molar-refractivity contribution in [3.05, 3.63) is 66.5 Å². The number of rotatable bonds is 6. The van der Waals surface area contributed by atoms with Crippen LogP contribution in [0.1, 0.15) is 36.0 Å². The molecule has 3 aromatic rings. The molecule has 0 saturated heterocycles. The Bertz CT molecular complexity index is 979. The van der Waals surface area contributed by atoms with Gasteiger partial charge in [0.05, 0.1) is 17.4 Å². The maximum absolute atomic E-state index is 11.9. The molecule has 0 radical (unpaired) electrons. The van der Waals surface area contributed by atoms with E-state index in [1.807, 2.05) is 47.2 Å². The molecule has 0 unspecified atom stereocenters. The Kier molecular flexibility index (Phi) is 5.48. The van der Waals surface area contributed by atoms with Crippen LogP contribution in [-0.2, 0) is 0 Å². The highest BCUT2D eigenvalue weighted by molar-refractivity contribution is 5.99. The quantitative estimate of drug-likeness (QED) is 0.596. The first-order valence-electron chi connectivity index (χ1n) is 9.75. The Morgan fingerprint density at radius 2 is 1.97 bits per heavy atom. The van der Waals surface area contributed by atoms with Crippen molar-refractivity contribution in [2.45, 2.75) is 37.8 Å². The molecule has 0 bridgehead atoms. The third kappa shape index (κ3) is 4.41. The van der Waals surface area contributed by atoms with Gasteiger partial charge in [-0.1, -0.05) is 6.07 Å². The molecular weight excluding hydrogens is 368 g/mol. The number of nitrogens with zero attached hydrogens (tertiary/aromatic N) is 2. The zero-order valence-electron chi connectivity index (χ0n) is 16.0. The van der Waals surface area contributed by atoms with Gasteiger partial charge in [-0.15, -0.1) is 0 Å². The highest BCUT2D eigenvalue weighted by Crippen LogP contribution is 2.29. The molecule has 0 spiro atoms. The lowest BCUT2D eigenvalue weighted by Gasteiger charge is -2.28. The molecule has 7 heteroatoms. The number of benzene rings is 1. The minimum Gasteiger partial charge on any atom is -0.422 e. The number of ether oxygens (including phenoxy) is 1. The Balaban J connectivity index is 1.62. The number of hydrogen-bond acceptors (Lipinski definition) is 5. The Hall–Kier alpha value is -3.32. The molecule has 1 aromatic carbocycles. The van der Waals surface area contributed by atoms with Crippen molar-refractivity contribution in [1.29, 1.82) is 0 Å². The topological polar surface area (TPSA) is 102 Å². The van der Waals surface area contributed by atoms with E-state index < -0.39 is 5.91 Å². The Morgan fingerprint density at radius 1 is 1.14 bits per heavy atom. The molecule has 0 atom stereocenters. The predicted molar refractivity (Wildman–Crippen MR) is 110 cm³/mol. The molecule has 1 amide bonds. The molecule has 29 heavy (non-hydrogen) atoms. The SMILES string of the molecule is NC(=O)c1ccc(-n2cccc2Oc2ccccn2)cc1NC1CCC(O)CC1. The number of nitrogens with two attached hydrogens (primary N) is 1. The van der Waals surface area contributed by atoms with E-state index in [9.17, 15) is 9.90 Å². The van der Waals surface area contributed by atoms with Gasteiger partial charge in [-0.3, -0.25) is 9.36 Å². The number of aromatic nitrogens is 2. The van der Waals surface area contributed by atoms with E-state index in [0.29, 0.717) is 23.0 Å². The second kappa shape index (κ2) is 8.36. The van der Waals surface area contributed by atoms with E-state index in [-0.39, 0.29) is 12.1 Å². The minimum atomic E-state index is -0.479. The van der Waals surface area contributed by atoms with Crippen molar-refractivity contribution in [2.24, 2.45) is 5.73 Å². The molecule has 4 N–H and O–H groups in total. The van der Waals surface area contributed by atoms with Crippen LogP contribution < -0.4 is 15.8 Å². The van der Waals surface area contributed by atoms with Crippen LogP contribution >= 0.6 is 0 Å². The maximum atomic E-state index is 11.9. The van der Waals surface area contributed by atoms with E-state index in [2.05, 4.69) is 10.3 Å². The fourth-order valence-electron chi connectivity index (χ4n) is 3.63. The van der Waals surface area contributed by atoms with Crippen LogP contribution in [0.15, 0.2) is 60.9 Å². The molecule has 1 aliphatic rings. The highest BCUT2D eigenvalue weighted by atomic mass is 16.5. The zero-order valence-corrected chi connectivity index (χ0v) is 16.0. The van der Waals surface area contributed by atoms with Crippen LogP contribution in [0.25, 0.3) is 5.69 Å². The van der Waals surface area contributed by atoms with E-state index in [1.54, 1.807) is 18.3 Å². The molecule has 1 fully saturated rings. The molecule has 1 saturated carbocycles. The summed E-state index contributed by atoms with van der Waals surface area (Å²) in [6, 6.07) is 14.9. The van der Waals surface area contributed by atoms with Crippen molar-refractivity contribution >= 4 is 11.6 Å². The number of pyridine rings is 1. The number of hydrogen-bond donors (Lipinski definition) is 3. The summed E-state index contributed by atoms with van der Waals surface area (Å²) in [6.07, 6.45) is 6.53. The second-order valence-electron chi connectivity index (χ2n) is 7.23. The lowest BCUT2D eigenvalue weighted by atomic mass is 9.92. The van der Waals surface area contributed by atoms with Crippen LogP contribution in [0.4, 0.5) is 5.69 Å². The van der Waals surface area contributed by atoms with E-state index in [1.165, 1.54) is 0 Å². The Labute approximate surface area is 169 Å². The largest absolute Gasteiger partial charge is 0.422 e. The zero-order chi connectivity index (χ0) is 20.2. The highest BCUT2D eigenvalue weighted by Gasteiger charge is 2.21. The summed E-state index contributed by atoms with van der Waals surface area (Å²) in [4.78, 5) is 16.1. The van der Waals surface area contributed by atoms with E-state index in [4.69, 9.17) is 10.5 Å². The first-order valence-corrected chi connectivity index (χ1v) is 9.75. The number of aliphatic hydroxyl groups is 1. The number of aliphatic hydroxyl groups excluding tert-OH is 1. The van der Waals surface area contributed by atoms with Gasteiger partial charge in [0.1, 0.15) is 0 Å². The predicted octanol–water partition coefficient (Wildman–Crippen LogP) is 3.48. The summed E-state index contributed by atoms with van der Waals surface area (Å²) in [5.41, 5.74) is 7.55. The van der Waals surface area contributed by atoms with Crippen LogP contribution in [0.2, 0.25) is 0 Å². The minimum absolute atomic E-state index is 0.195. The molecule has 4 rings (SSSR count). The number of nitrogens with one attached hydrogen (secondary N) is 1. The third-order valence-electron chi connectivity index (χ3n) is 5.16. The van der Waals surface area contributed by atoms with E-state index in [0.717, 1.165) is 31.4 Å². The number of carbonyl (C=O) groups excluding carboxylic acids is 1. The molecule has 150 valence electrons. The second-order valence-corrected chi connectivity index (χ2v) is 7.23. The fraction of sp³-hybridized carbons (Fsp3) is 0.273. The van der Waals surface area contributed by atoms with Gasteiger partial charge < -0.3 is 20.9 Å². The third-order valence-corrected chi connectivity index (χ3v) is 5.16. The van der Waals surface area contributed by atoms with Crippen molar-refractivity contribution in [1.82, 2.24) is 9.55 Å². The van der Waals surface area contributed by atoms with Gasteiger partial charge in [-0.2, -0.15) is 0 Å². The summed E-state index contributed by atoms with van der Waals surface area (Å²) in [5, 5.41) is 13.2. The fourth-order valence-corrected chi connectivity index (χ4v) is 3.63. The first kappa shape index (κ1) is 19.0. The number of carbonyl (C=O) groups is 1. The molecule has 1 aliphatic carbocycles. The average molecular weight is 392 g/mol.